The van der Waals surface area contributed by atoms with Gasteiger partial charge in [-0.05, 0) is 32.1 Å². The molecule has 1 amide bonds. The van der Waals surface area contributed by atoms with E-state index in [-0.39, 0.29) is 11.9 Å². The van der Waals surface area contributed by atoms with Gasteiger partial charge in [0, 0.05) is 6.04 Å². The zero-order chi connectivity index (χ0) is 12.2. The lowest BCUT2D eigenvalue weighted by Crippen LogP contribution is -2.56. The number of rotatable bonds is 4. The van der Waals surface area contributed by atoms with Crippen molar-refractivity contribution in [1.82, 2.24) is 5.32 Å². The summed E-state index contributed by atoms with van der Waals surface area (Å²) in [5.41, 5.74) is 5.58. The Labute approximate surface area is 99.2 Å². The van der Waals surface area contributed by atoms with E-state index in [1.807, 2.05) is 0 Å². The van der Waals surface area contributed by atoms with Gasteiger partial charge < -0.3 is 11.1 Å². The Hall–Kier alpha value is -0.570. The third-order valence-electron chi connectivity index (χ3n) is 3.40. The molecule has 0 aromatic heterocycles. The first kappa shape index (κ1) is 13.5. The van der Waals surface area contributed by atoms with Crippen LogP contribution in [0.5, 0.6) is 0 Å². The summed E-state index contributed by atoms with van der Waals surface area (Å²) in [7, 11) is 0. The number of nitrogens with two attached hydrogens (primary N) is 1. The van der Waals surface area contributed by atoms with Crippen molar-refractivity contribution in [3.05, 3.63) is 0 Å². The molecule has 0 aromatic rings. The minimum absolute atomic E-state index is 0.0559. The molecule has 3 N–H and O–H groups in total. The van der Waals surface area contributed by atoms with Crippen LogP contribution in [0.3, 0.4) is 0 Å². The fourth-order valence-electron chi connectivity index (χ4n) is 2.54. The van der Waals surface area contributed by atoms with Gasteiger partial charge in [-0.1, -0.05) is 33.1 Å². The minimum atomic E-state index is -0.594. The number of hydrogen-bond donors (Lipinski definition) is 2. The smallest absolute Gasteiger partial charge is 0.240 e. The van der Waals surface area contributed by atoms with Crippen molar-refractivity contribution in [3.8, 4) is 0 Å². The standard InChI is InChI=1S/C13H26N2O/c1-10(2)9-11(3)15-12(16)13(14)7-5-4-6-8-13/h10-11H,4-9,14H2,1-3H3,(H,15,16). The van der Waals surface area contributed by atoms with Crippen LogP contribution in [0.2, 0.25) is 0 Å². The van der Waals surface area contributed by atoms with Gasteiger partial charge >= 0.3 is 0 Å². The fourth-order valence-corrected chi connectivity index (χ4v) is 2.54. The van der Waals surface area contributed by atoms with Gasteiger partial charge in [0.15, 0.2) is 0 Å². The lowest BCUT2D eigenvalue weighted by atomic mass is 9.81. The van der Waals surface area contributed by atoms with Crippen molar-refractivity contribution < 1.29 is 4.79 Å². The Balaban J connectivity index is 2.44. The molecule has 0 bridgehead atoms. The van der Waals surface area contributed by atoms with Crippen LogP contribution in [0, 0.1) is 5.92 Å². The summed E-state index contributed by atoms with van der Waals surface area (Å²) in [6.07, 6.45) is 6.08. The Morgan fingerprint density at radius 1 is 1.25 bits per heavy atom. The van der Waals surface area contributed by atoms with Gasteiger partial charge in [0.25, 0.3) is 0 Å². The molecule has 3 nitrogen and oxygen atoms in total. The summed E-state index contributed by atoms with van der Waals surface area (Å²) in [4.78, 5) is 12.1. The third-order valence-corrected chi connectivity index (χ3v) is 3.40. The van der Waals surface area contributed by atoms with Gasteiger partial charge in [-0.2, -0.15) is 0 Å². The van der Waals surface area contributed by atoms with Crippen LogP contribution in [0.1, 0.15) is 59.3 Å². The number of carbonyl (C=O) groups is 1. The van der Waals surface area contributed by atoms with E-state index in [0.717, 1.165) is 32.1 Å². The molecule has 1 aliphatic rings. The number of nitrogens with one attached hydrogen (secondary N) is 1. The molecule has 0 saturated heterocycles. The SMILES string of the molecule is CC(C)CC(C)NC(=O)C1(N)CCCCC1. The molecule has 0 radical (unpaired) electrons. The maximum absolute atomic E-state index is 12.1. The van der Waals surface area contributed by atoms with E-state index in [4.69, 9.17) is 5.73 Å². The molecular weight excluding hydrogens is 200 g/mol. The molecule has 94 valence electrons. The van der Waals surface area contributed by atoms with Gasteiger partial charge in [0.05, 0.1) is 5.54 Å². The number of carbonyl (C=O) groups excluding carboxylic acids is 1. The summed E-state index contributed by atoms with van der Waals surface area (Å²) in [5, 5.41) is 3.06. The quantitative estimate of drug-likeness (QED) is 0.772. The van der Waals surface area contributed by atoms with E-state index in [9.17, 15) is 4.79 Å². The van der Waals surface area contributed by atoms with Crippen molar-refractivity contribution in [3.63, 3.8) is 0 Å². The molecule has 0 heterocycles. The lowest BCUT2D eigenvalue weighted by molar-refractivity contribution is -0.128. The van der Waals surface area contributed by atoms with Gasteiger partial charge in [0.2, 0.25) is 5.91 Å². The molecule has 0 aliphatic heterocycles. The summed E-state index contributed by atoms with van der Waals surface area (Å²) in [5.74, 6) is 0.663. The summed E-state index contributed by atoms with van der Waals surface area (Å²) < 4.78 is 0. The van der Waals surface area contributed by atoms with Crippen LogP contribution < -0.4 is 11.1 Å². The van der Waals surface area contributed by atoms with E-state index in [1.54, 1.807) is 0 Å². The number of hydrogen-bond acceptors (Lipinski definition) is 2. The Kier molecular flexibility index (Phi) is 4.78. The van der Waals surface area contributed by atoms with Crippen LogP contribution in [0.4, 0.5) is 0 Å². The van der Waals surface area contributed by atoms with Crippen molar-refractivity contribution in [2.45, 2.75) is 70.9 Å². The topological polar surface area (TPSA) is 55.1 Å². The Morgan fingerprint density at radius 2 is 1.81 bits per heavy atom. The van der Waals surface area contributed by atoms with Crippen LogP contribution >= 0.6 is 0 Å². The first-order valence-corrected chi connectivity index (χ1v) is 6.54. The summed E-state index contributed by atoms with van der Waals surface area (Å²) in [6, 6.07) is 0.231. The minimum Gasteiger partial charge on any atom is -0.352 e. The molecule has 0 spiro atoms. The first-order valence-electron chi connectivity index (χ1n) is 6.54. The zero-order valence-corrected chi connectivity index (χ0v) is 10.9. The Bertz CT molecular complexity index is 232. The van der Waals surface area contributed by atoms with E-state index < -0.39 is 5.54 Å². The normalized spacial score (nSPS) is 21.8. The average molecular weight is 226 g/mol. The molecule has 1 fully saturated rings. The van der Waals surface area contributed by atoms with Gasteiger partial charge in [-0.15, -0.1) is 0 Å². The zero-order valence-electron chi connectivity index (χ0n) is 10.9. The van der Waals surface area contributed by atoms with Crippen molar-refractivity contribution in [2.24, 2.45) is 11.7 Å². The highest BCUT2D eigenvalue weighted by atomic mass is 16.2. The molecule has 3 heteroatoms. The second-order valence-corrected chi connectivity index (χ2v) is 5.72. The van der Waals surface area contributed by atoms with E-state index >= 15 is 0 Å². The average Bonchev–Trinajstić information content (AvgIpc) is 2.17. The molecule has 1 aliphatic carbocycles. The van der Waals surface area contributed by atoms with E-state index in [0.29, 0.717) is 5.92 Å². The summed E-state index contributed by atoms with van der Waals surface area (Å²) in [6.45, 7) is 6.40. The van der Waals surface area contributed by atoms with Crippen molar-refractivity contribution >= 4 is 5.91 Å². The highest BCUT2D eigenvalue weighted by Crippen LogP contribution is 2.26. The second-order valence-electron chi connectivity index (χ2n) is 5.72. The van der Waals surface area contributed by atoms with Crippen LogP contribution in [-0.4, -0.2) is 17.5 Å². The number of amides is 1. The Morgan fingerprint density at radius 3 is 2.31 bits per heavy atom. The highest BCUT2D eigenvalue weighted by Gasteiger charge is 2.35. The second kappa shape index (κ2) is 5.67. The monoisotopic (exact) mass is 226 g/mol. The largest absolute Gasteiger partial charge is 0.352 e. The van der Waals surface area contributed by atoms with Gasteiger partial charge in [-0.25, -0.2) is 0 Å². The van der Waals surface area contributed by atoms with Gasteiger partial charge in [-0.3, -0.25) is 4.79 Å². The predicted octanol–water partition coefficient (Wildman–Crippen LogP) is 2.20. The molecule has 1 rings (SSSR count). The molecule has 1 atom stereocenters. The molecule has 0 aromatic carbocycles. The molecule has 1 saturated carbocycles. The summed E-state index contributed by atoms with van der Waals surface area (Å²) >= 11 is 0. The molecular formula is C13H26N2O. The van der Waals surface area contributed by atoms with Crippen molar-refractivity contribution in [2.75, 3.05) is 0 Å². The van der Waals surface area contributed by atoms with Crippen molar-refractivity contribution in [1.29, 1.82) is 0 Å². The first-order chi connectivity index (χ1) is 7.44. The van der Waals surface area contributed by atoms with Crippen LogP contribution in [0.15, 0.2) is 0 Å². The van der Waals surface area contributed by atoms with E-state index in [2.05, 4.69) is 26.1 Å². The molecule has 1 unspecified atom stereocenters. The molecule has 16 heavy (non-hydrogen) atoms. The highest BCUT2D eigenvalue weighted by molar-refractivity contribution is 5.86. The van der Waals surface area contributed by atoms with Crippen LogP contribution in [0.25, 0.3) is 0 Å². The van der Waals surface area contributed by atoms with Crippen LogP contribution in [-0.2, 0) is 4.79 Å². The third kappa shape index (κ3) is 3.78. The predicted molar refractivity (Wildman–Crippen MR) is 67.1 cm³/mol. The maximum Gasteiger partial charge on any atom is 0.240 e. The lowest BCUT2D eigenvalue weighted by Gasteiger charge is -2.33. The fraction of sp³-hybridized carbons (Fsp3) is 0.923. The maximum atomic E-state index is 12.1. The van der Waals surface area contributed by atoms with E-state index in [1.165, 1.54) is 6.42 Å². The van der Waals surface area contributed by atoms with Gasteiger partial charge in [0.1, 0.15) is 0 Å².